The van der Waals surface area contributed by atoms with Gasteiger partial charge in [0, 0.05) is 17.8 Å². The van der Waals surface area contributed by atoms with Crippen LogP contribution in [0.5, 0.6) is 11.5 Å². The van der Waals surface area contributed by atoms with E-state index in [1.165, 1.54) is 4.88 Å². The highest BCUT2D eigenvalue weighted by Crippen LogP contribution is 2.32. The first-order valence-corrected chi connectivity index (χ1v) is 8.14. The van der Waals surface area contributed by atoms with E-state index in [4.69, 9.17) is 9.47 Å². The quantitative estimate of drug-likeness (QED) is 0.889. The Labute approximate surface area is 133 Å². The minimum Gasteiger partial charge on any atom is -0.454 e. The standard InChI is InChI=1S/C16H18N2O3S/c1-11-15(22-9-18-11)4-5-16(19)17-7-6-12-2-3-13-14(8-12)21-10-20-13/h2-3,8-9H,4-7,10H2,1H3,(H,17,19). The van der Waals surface area contributed by atoms with Crippen LogP contribution in [0.25, 0.3) is 0 Å². The number of nitrogens with zero attached hydrogens (tertiary/aromatic N) is 1. The molecule has 1 N–H and O–H groups in total. The molecule has 2 aromatic rings. The van der Waals surface area contributed by atoms with Crippen LogP contribution in [0.2, 0.25) is 0 Å². The number of aryl methyl sites for hydroxylation is 2. The van der Waals surface area contributed by atoms with E-state index in [0.717, 1.165) is 35.6 Å². The van der Waals surface area contributed by atoms with Gasteiger partial charge in [0.25, 0.3) is 0 Å². The fourth-order valence-corrected chi connectivity index (χ4v) is 3.11. The monoisotopic (exact) mass is 318 g/mol. The van der Waals surface area contributed by atoms with Crippen molar-refractivity contribution in [1.82, 2.24) is 10.3 Å². The van der Waals surface area contributed by atoms with Crippen molar-refractivity contribution in [3.63, 3.8) is 0 Å². The zero-order chi connectivity index (χ0) is 15.4. The molecule has 0 radical (unpaired) electrons. The first-order chi connectivity index (χ1) is 10.7. The summed E-state index contributed by atoms with van der Waals surface area (Å²) >= 11 is 1.61. The summed E-state index contributed by atoms with van der Waals surface area (Å²) in [5, 5.41) is 2.95. The third-order valence-corrected chi connectivity index (χ3v) is 4.59. The summed E-state index contributed by atoms with van der Waals surface area (Å²) in [7, 11) is 0. The zero-order valence-electron chi connectivity index (χ0n) is 12.4. The van der Waals surface area contributed by atoms with Crippen molar-refractivity contribution in [2.24, 2.45) is 0 Å². The van der Waals surface area contributed by atoms with Crippen molar-refractivity contribution >= 4 is 17.2 Å². The Morgan fingerprint density at radius 1 is 1.32 bits per heavy atom. The number of fused-ring (bicyclic) bond motifs is 1. The molecule has 6 heteroatoms. The number of carbonyl (C=O) groups excluding carboxylic acids is 1. The van der Waals surface area contributed by atoms with Crippen LogP contribution in [0, 0.1) is 6.92 Å². The second kappa shape index (κ2) is 6.79. The fourth-order valence-electron chi connectivity index (χ4n) is 2.32. The van der Waals surface area contributed by atoms with Gasteiger partial charge in [0.05, 0.1) is 11.2 Å². The average Bonchev–Trinajstić information content (AvgIpc) is 3.13. The van der Waals surface area contributed by atoms with Crippen molar-refractivity contribution in [2.45, 2.75) is 26.2 Å². The highest BCUT2D eigenvalue weighted by atomic mass is 32.1. The maximum atomic E-state index is 11.9. The van der Waals surface area contributed by atoms with Gasteiger partial charge in [-0.3, -0.25) is 4.79 Å². The summed E-state index contributed by atoms with van der Waals surface area (Å²) in [6, 6.07) is 5.88. The van der Waals surface area contributed by atoms with Crippen LogP contribution < -0.4 is 14.8 Å². The third-order valence-electron chi connectivity index (χ3n) is 3.60. The summed E-state index contributed by atoms with van der Waals surface area (Å²) in [5.41, 5.74) is 3.98. The lowest BCUT2D eigenvalue weighted by Crippen LogP contribution is -2.25. The minimum absolute atomic E-state index is 0.0774. The van der Waals surface area contributed by atoms with E-state index in [1.807, 2.05) is 30.6 Å². The molecule has 1 aliphatic rings. The van der Waals surface area contributed by atoms with E-state index in [2.05, 4.69) is 10.3 Å². The van der Waals surface area contributed by atoms with Crippen molar-refractivity contribution in [3.05, 3.63) is 39.8 Å². The molecule has 0 saturated heterocycles. The van der Waals surface area contributed by atoms with E-state index in [9.17, 15) is 4.79 Å². The van der Waals surface area contributed by atoms with Gasteiger partial charge in [-0.15, -0.1) is 11.3 Å². The molecule has 0 saturated carbocycles. The molecule has 0 spiro atoms. The number of rotatable bonds is 6. The first kappa shape index (κ1) is 14.8. The van der Waals surface area contributed by atoms with Crippen molar-refractivity contribution in [3.8, 4) is 11.5 Å². The molecular formula is C16H18N2O3S. The predicted octanol–water partition coefficient (Wildman–Crippen LogP) is 2.47. The van der Waals surface area contributed by atoms with E-state index >= 15 is 0 Å². The van der Waals surface area contributed by atoms with E-state index in [-0.39, 0.29) is 12.7 Å². The molecule has 22 heavy (non-hydrogen) atoms. The first-order valence-electron chi connectivity index (χ1n) is 7.26. The Morgan fingerprint density at radius 2 is 2.18 bits per heavy atom. The van der Waals surface area contributed by atoms with Gasteiger partial charge < -0.3 is 14.8 Å². The number of carbonyl (C=O) groups is 1. The molecule has 0 bridgehead atoms. The number of hydrogen-bond donors (Lipinski definition) is 1. The summed E-state index contributed by atoms with van der Waals surface area (Å²) in [6.45, 7) is 2.88. The predicted molar refractivity (Wildman–Crippen MR) is 84.5 cm³/mol. The lowest BCUT2D eigenvalue weighted by atomic mass is 10.1. The molecule has 2 heterocycles. The Morgan fingerprint density at radius 3 is 3.00 bits per heavy atom. The van der Waals surface area contributed by atoms with Gasteiger partial charge in [-0.2, -0.15) is 0 Å². The molecule has 0 aliphatic carbocycles. The number of hydrogen-bond acceptors (Lipinski definition) is 5. The smallest absolute Gasteiger partial charge is 0.231 e. The number of benzene rings is 1. The molecule has 0 atom stereocenters. The summed E-state index contributed by atoms with van der Waals surface area (Å²) in [5.74, 6) is 1.64. The van der Waals surface area contributed by atoms with Gasteiger partial charge in [-0.25, -0.2) is 4.98 Å². The maximum absolute atomic E-state index is 11.9. The number of thiazole rings is 1. The van der Waals surface area contributed by atoms with Gasteiger partial charge in [-0.05, 0) is 37.5 Å². The van der Waals surface area contributed by atoms with Crippen LogP contribution in [0.15, 0.2) is 23.7 Å². The average molecular weight is 318 g/mol. The molecule has 1 amide bonds. The highest BCUT2D eigenvalue weighted by Gasteiger charge is 2.13. The SMILES string of the molecule is Cc1ncsc1CCC(=O)NCCc1ccc2c(c1)OCO2. The fraction of sp³-hybridized carbons (Fsp3) is 0.375. The van der Waals surface area contributed by atoms with Crippen molar-refractivity contribution in [1.29, 1.82) is 0 Å². The molecule has 0 fully saturated rings. The molecule has 5 nitrogen and oxygen atoms in total. The Balaban J connectivity index is 1.41. The van der Waals surface area contributed by atoms with Gasteiger partial charge in [0.2, 0.25) is 12.7 Å². The van der Waals surface area contributed by atoms with Gasteiger partial charge >= 0.3 is 0 Å². The summed E-state index contributed by atoms with van der Waals surface area (Å²) in [4.78, 5) is 17.2. The van der Waals surface area contributed by atoms with Crippen LogP contribution in [0.1, 0.15) is 22.6 Å². The van der Waals surface area contributed by atoms with E-state index in [0.29, 0.717) is 13.0 Å². The van der Waals surface area contributed by atoms with Crippen LogP contribution in [0.3, 0.4) is 0 Å². The van der Waals surface area contributed by atoms with Crippen molar-refractivity contribution < 1.29 is 14.3 Å². The molecular weight excluding hydrogens is 300 g/mol. The van der Waals surface area contributed by atoms with Crippen LogP contribution in [-0.2, 0) is 17.6 Å². The Bertz CT molecular complexity index is 669. The molecule has 0 unspecified atom stereocenters. The van der Waals surface area contributed by atoms with Gasteiger partial charge in [0.1, 0.15) is 0 Å². The number of nitrogens with one attached hydrogen (secondary N) is 1. The van der Waals surface area contributed by atoms with Crippen LogP contribution >= 0.6 is 11.3 Å². The maximum Gasteiger partial charge on any atom is 0.231 e. The minimum atomic E-state index is 0.0774. The lowest BCUT2D eigenvalue weighted by Gasteiger charge is -2.06. The molecule has 1 aliphatic heterocycles. The van der Waals surface area contributed by atoms with Gasteiger partial charge in [0.15, 0.2) is 11.5 Å². The Hall–Kier alpha value is -2.08. The van der Waals surface area contributed by atoms with Crippen molar-refractivity contribution in [2.75, 3.05) is 13.3 Å². The topological polar surface area (TPSA) is 60.5 Å². The number of ether oxygens (including phenoxy) is 2. The molecule has 116 valence electrons. The summed E-state index contributed by atoms with van der Waals surface area (Å²) < 4.78 is 10.6. The van der Waals surface area contributed by atoms with E-state index in [1.54, 1.807) is 11.3 Å². The van der Waals surface area contributed by atoms with Crippen LogP contribution in [0.4, 0.5) is 0 Å². The molecule has 1 aromatic heterocycles. The third kappa shape index (κ3) is 3.57. The van der Waals surface area contributed by atoms with Gasteiger partial charge in [-0.1, -0.05) is 6.07 Å². The summed E-state index contributed by atoms with van der Waals surface area (Å²) in [6.07, 6.45) is 2.04. The number of amides is 1. The largest absolute Gasteiger partial charge is 0.454 e. The lowest BCUT2D eigenvalue weighted by molar-refractivity contribution is -0.121. The number of aromatic nitrogens is 1. The molecule has 3 rings (SSSR count). The zero-order valence-corrected chi connectivity index (χ0v) is 13.2. The second-order valence-corrected chi connectivity index (χ2v) is 6.09. The van der Waals surface area contributed by atoms with E-state index < -0.39 is 0 Å². The highest BCUT2D eigenvalue weighted by molar-refractivity contribution is 7.09. The van der Waals surface area contributed by atoms with Crippen LogP contribution in [-0.4, -0.2) is 24.2 Å². The molecule has 1 aromatic carbocycles. The Kier molecular flexibility index (Phi) is 4.58. The second-order valence-electron chi connectivity index (χ2n) is 5.15. The normalized spacial score (nSPS) is 12.4.